The average molecular weight is 546 g/mol. The first kappa shape index (κ1) is 26.5. The van der Waals surface area contributed by atoms with Crippen molar-refractivity contribution in [3.05, 3.63) is 66.5 Å². The SMILES string of the molecule is C=CC(=O)Nc1cc(Nc2ncc(Cl)c(-c3cn(C)c4ccccc34)n2)c(OC)cc1N(C)C1CCN(C)C1. The average Bonchev–Trinajstić information content (AvgIpc) is 3.52. The van der Waals surface area contributed by atoms with Crippen LogP contribution in [0.15, 0.2) is 61.4 Å². The molecule has 202 valence electrons. The maximum atomic E-state index is 12.4. The highest BCUT2D eigenvalue weighted by molar-refractivity contribution is 6.33. The summed E-state index contributed by atoms with van der Waals surface area (Å²) in [4.78, 5) is 26.0. The second-order valence-corrected chi connectivity index (χ2v) is 10.2. The van der Waals surface area contributed by atoms with Crippen LogP contribution in [0.25, 0.3) is 22.2 Å². The van der Waals surface area contributed by atoms with Crippen LogP contribution in [-0.2, 0) is 11.8 Å². The standard InChI is InChI=1S/C29H32ClN7O2/c1-6-27(38)32-22-13-23(26(39-5)14-25(22)37(4)18-11-12-35(2)16-18)33-29-31-15-21(30)28(34-29)20-17-36(3)24-10-8-7-9-19(20)24/h6-10,13-15,17-18H,1,11-12,16H2,2-5H3,(H,32,38)(H,31,33,34). The molecule has 4 aromatic rings. The van der Waals surface area contributed by atoms with Crippen molar-refractivity contribution in [3.8, 4) is 17.0 Å². The van der Waals surface area contributed by atoms with Gasteiger partial charge in [-0.15, -0.1) is 0 Å². The Labute approximate surface area is 233 Å². The molecule has 1 atom stereocenters. The van der Waals surface area contributed by atoms with E-state index in [1.807, 2.05) is 55.2 Å². The Hall–Kier alpha value is -4.08. The molecule has 0 radical (unpaired) electrons. The van der Waals surface area contributed by atoms with Crippen molar-refractivity contribution in [2.24, 2.45) is 7.05 Å². The van der Waals surface area contributed by atoms with Gasteiger partial charge in [0, 0.05) is 55.4 Å². The number of nitrogens with one attached hydrogen (secondary N) is 2. The lowest BCUT2D eigenvalue weighted by Gasteiger charge is -2.29. The molecule has 0 aliphatic carbocycles. The number of aryl methyl sites for hydroxylation is 1. The molecule has 1 aliphatic rings. The Morgan fingerprint density at radius 1 is 1.26 bits per heavy atom. The van der Waals surface area contributed by atoms with Crippen LogP contribution >= 0.6 is 11.6 Å². The fraction of sp³-hybridized carbons (Fsp3) is 0.276. The fourth-order valence-corrected chi connectivity index (χ4v) is 5.30. The highest BCUT2D eigenvalue weighted by atomic mass is 35.5. The monoisotopic (exact) mass is 545 g/mol. The quantitative estimate of drug-likeness (QED) is 0.290. The summed E-state index contributed by atoms with van der Waals surface area (Å²) >= 11 is 6.58. The van der Waals surface area contributed by atoms with Crippen LogP contribution in [0.4, 0.5) is 23.0 Å². The summed E-state index contributed by atoms with van der Waals surface area (Å²) in [6, 6.07) is 12.2. The van der Waals surface area contributed by atoms with E-state index < -0.39 is 0 Å². The van der Waals surface area contributed by atoms with Crippen LogP contribution in [0.5, 0.6) is 5.75 Å². The van der Waals surface area contributed by atoms with Gasteiger partial charge in [0.25, 0.3) is 0 Å². The van der Waals surface area contributed by atoms with Crippen LogP contribution in [0.3, 0.4) is 0 Å². The number of amides is 1. The molecule has 1 amide bonds. The minimum atomic E-state index is -0.301. The van der Waals surface area contributed by atoms with Crippen molar-refractivity contribution in [2.75, 3.05) is 49.8 Å². The Kier molecular flexibility index (Phi) is 7.45. The molecule has 39 heavy (non-hydrogen) atoms. The molecule has 1 fully saturated rings. The summed E-state index contributed by atoms with van der Waals surface area (Å²) in [5.41, 5.74) is 4.68. The molecule has 9 nitrogen and oxygen atoms in total. The number of likely N-dealkylation sites (tertiary alicyclic amines) is 1. The lowest BCUT2D eigenvalue weighted by Crippen LogP contribution is -2.34. The van der Waals surface area contributed by atoms with Crippen molar-refractivity contribution < 1.29 is 9.53 Å². The molecular weight excluding hydrogens is 514 g/mol. The number of aromatic nitrogens is 3. The predicted molar refractivity (Wildman–Crippen MR) is 158 cm³/mol. The first-order valence-electron chi connectivity index (χ1n) is 12.7. The van der Waals surface area contributed by atoms with E-state index in [0.717, 1.165) is 41.7 Å². The van der Waals surface area contributed by atoms with Crippen molar-refractivity contribution >= 4 is 51.4 Å². The van der Waals surface area contributed by atoms with Crippen molar-refractivity contribution in [2.45, 2.75) is 12.5 Å². The molecule has 10 heteroatoms. The minimum Gasteiger partial charge on any atom is -0.494 e. The topological polar surface area (TPSA) is 87.5 Å². The molecule has 1 saturated heterocycles. The van der Waals surface area contributed by atoms with E-state index in [0.29, 0.717) is 39.8 Å². The molecule has 2 aromatic carbocycles. The zero-order valence-corrected chi connectivity index (χ0v) is 23.3. The van der Waals surface area contributed by atoms with Crippen molar-refractivity contribution in [1.82, 2.24) is 19.4 Å². The summed E-state index contributed by atoms with van der Waals surface area (Å²) in [5.74, 6) is 0.635. The van der Waals surface area contributed by atoms with Gasteiger partial charge in [0.15, 0.2) is 0 Å². The van der Waals surface area contributed by atoms with E-state index in [4.69, 9.17) is 21.3 Å². The number of likely N-dealkylation sites (N-methyl/N-ethyl adjacent to an activating group) is 2. The maximum Gasteiger partial charge on any atom is 0.247 e. The number of nitrogens with zero attached hydrogens (tertiary/aromatic N) is 5. The summed E-state index contributed by atoms with van der Waals surface area (Å²) in [7, 11) is 7.75. The van der Waals surface area contributed by atoms with Gasteiger partial charge >= 0.3 is 0 Å². The van der Waals surface area contributed by atoms with Crippen LogP contribution < -0.4 is 20.3 Å². The fourth-order valence-electron chi connectivity index (χ4n) is 5.10. The number of fused-ring (bicyclic) bond motifs is 1. The molecule has 0 bridgehead atoms. The molecule has 2 N–H and O–H groups in total. The number of anilines is 4. The molecular formula is C29H32ClN7O2. The number of ether oxygens (including phenoxy) is 1. The summed E-state index contributed by atoms with van der Waals surface area (Å²) in [6.45, 7) is 5.56. The van der Waals surface area contributed by atoms with Crippen molar-refractivity contribution in [3.63, 3.8) is 0 Å². The van der Waals surface area contributed by atoms with Gasteiger partial charge in [-0.05, 0) is 38.2 Å². The van der Waals surface area contributed by atoms with Gasteiger partial charge in [0.2, 0.25) is 11.9 Å². The normalized spacial score (nSPS) is 15.4. The van der Waals surface area contributed by atoms with E-state index in [2.05, 4.69) is 45.1 Å². The zero-order valence-electron chi connectivity index (χ0n) is 22.5. The third kappa shape index (κ3) is 5.28. The van der Waals surface area contributed by atoms with E-state index in [1.165, 1.54) is 6.08 Å². The summed E-state index contributed by atoms with van der Waals surface area (Å²) < 4.78 is 7.81. The van der Waals surface area contributed by atoms with Gasteiger partial charge in [0.05, 0.1) is 41.1 Å². The highest BCUT2D eigenvalue weighted by Gasteiger charge is 2.26. The number of benzene rings is 2. The lowest BCUT2D eigenvalue weighted by molar-refractivity contribution is -0.111. The number of carbonyl (C=O) groups is 1. The second kappa shape index (κ2) is 11.0. The van der Waals surface area contributed by atoms with Crippen LogP contribution in [-0.4, -0.2) is 65.7 Å². The van der Waals surface area contributed by atoms with E-state index >= 15 is 0 Å². The third-order valence-electron chi connectivity index (χ3n) is 7.20. The van der Waals surface area contributed by atoms with E-state index in [1.54, 1.807) is 13.3 Å². The number of carbonyl (C=O) groups excluding carboxylic acids is 1. The minimum absolute atomic E-state index is 0.301. The molecule has 1 unspecified atom stereocenters. The number of halogens is 1. The number of para-hydroxylation sites is 1. The Morgan fingerprint density at radius 3 is 2.77 bits per heavy atom. The van der Waals surface area contributed by atoms with E-state index in [-0.39, 0.29) is 5.91 Å². The smallest absolute Gasteiger partial charge is 0.247 e. The maximum absolute atomic E-state index is 12.4. The van der Waals surface area contributed by atoms with Crippen molar-refractivity contribution in [1.29, 1.82) is 0 Å². The molecule has 0 spiro atoms. The second-order valence-electron chi connectivity index (χ2n) is 9.76. The Morgan fingerprint density at radius 2 is 2.05 bits per heavy atom. The number of rotatable bonds is 8. The van der Waals surface area contributed by atoms with E-state index in [9.17, 15) is 4.79 Å². The summed E-state index contributed by atoms with van der Waals surface area (Å²) in [6.07, 6.45) is 5.87. The van der Waals surface area contributed by atoms with Crippen LogP contribution in [0.1, 0.15) is 6.42 Å². The summed E-state index contributed by atoms with van der Waals surface area (Å²) in [5, 5.41) is 7.71. The molecule has 5 rings (SSSR count). The first-order valence-corrected chi connectivity index (χ1v) is 13.1. The van der Waals surface area contributed by atoms with Gasteiger partial charge < -0.3 is 29.7 Å². The zero-order chi connectivity index (χ0) is 27.7. The van der Waals surface area contributed by atoms with Gasteiger partial charge in [-0.25, -0.2) is 9.97 Å². The van der Waals surface area contributed by atoms with Crippen LogP contribution in [0, 0.1) is 0 Å². The third-order valence-corrected chi connectivity index (χ3v) is 7.47. The molecule has 1 aliphatic heterocycles. The number of hydrogen-bond acceptors (Lipinski definition) is 7. The highest BCUT2D eigenvalue weighted by Crippen LogP contribution is 2.40. The van der Waals surface area contributed by atoms with Gasteiger partial charge in [-0.3, -0.25) is 4.79 Å². The van der Waals surface area contributed by atoms with Gasteiger partial charge in [0.1, 0.15) is 5.75 Å². The van der Waals surface area contributed by atoms with Gasteiger partial charge in [-0.1, -0.05) is 36.4 Å². The molecule has 3 heterocycles. The number of methoxy groups -OCH3 is 1. The van der Waals surface area contributed by atoms with Crippen LogP contribution in [0.2, 0.25) is 5.02 Å². The molecule has 2 aromatic heterocycles. The first-order chi connectivity index (χ1) is 18.8. The Bertz CT molecular complexity index is 1550. The molecule has 0 saturated carbocycles. The lowest BCUT2D eigenvalue weighted by atomic mass is 10.1. The Balaban J connectivity index is 1.54. The largest absolute Gasteiger partial charge is 0.494 e. The predicted octanol–water partition coefficient (Wildman–Crippen LogP) is 5.31. The van der Waals surface area contributed by atoms with Gasteiger partial charge in [-0.2, -0.15) is 0 Å². The number of hydrogen-bond donors (Lipinski definition) is 2.